The van der Waals surface area contributed by atoms with Crippen molar-refractivity contribution < 1.29 is 9.59 Å². The van der Waals surface area contributed by atoms with E-state index in [9.17, 15) is 9.59 Å². The molecule has 1 aliphatic heterocycles. The highest BCUT2D eigenvalue weighted by Crippen LogP contribution is 2.35. The number of rotatable bonds is 4. The molecule has 1 heterocycles. The Kier molecular flexibility index (Phi) is 4.54. The Bertz CT molecular complexity index is 327. The Labute approximate surface area is 113 Å². The van der Waals surface area contributed by atoms with Crippen molar-refractivity contribution in [3.05, 3.63) is 0 Å². The molecule has 0 aromatic carbocycles. The zero-order valence-electron chi connectivity index (χ0n) is 11.0. The first-order valence-electron chi connectivity index (χ1n) is 6.87. The molecule has 1 aliphatic carbocycles. The van der Waals surface area contributed by atoms with E-state index in [0.29, 0.717) is 6.54 Å². The van der Waals surface area contributed by atoms with E-state index in [1.807, 2.05) is 16.7 Å². The average Bonchev–Trinajstić information content (AvgIpc) is 2.40. The number of thioether (sulfide) groups is 1. The third-order valence-corrected chi connectivity index (χ3v) is 4.86. The lowest BCUT2D eigenvalue weighted by Crippen LogP contribution is -2.68. The summed E-state index contributed by atoms with van der Waals surface area (Å²) in [7, 11) is 0. The maximum absolute atomic E-state index is 12.2. The van der Waals surface area contributed by atoms with Crippen LogP contribution in [0.2, 0.25) is 0 Å². The number of hydrogen-bond donors (Lipinski definition) is 1. The summed E-state index contributed by atoms with van der Waals surface area (Å²) in [6.07, 6.45) is 4.96. The van der Waals surface area contributed by atoms with Crippen LogP contribution in [0.15, 0.2) is 0 Å². The molecule has 0 bridgehead atoms. The summed E-state index contributed by atoms with van der Waals surface area (Å²) in [6, 6.07) is 0. The van der Waals surface area contributed by atoms with E-state index in [1.54, 1.807) is 0 Å². The molecule has 18 heavy (non-hydrogen) atoms. The van der Waals surface area contributed by atoms with E-state index in [4.69, 9.17) is 0 Å². The van der Waals surface area contributed by atoms with Crippen molar-refractivity contribution in [3.8, 4) is 0 Å². The summed E-state index contributed by atoms with van der Waals surface area (Å²) in [5, 5.41) is 2.78. The molecule has 0 aromatic heterocycles. The molecule has 0 unspecified atom stereocenters. The quantitative estimate of drug-likeness (QED) is 0.786. The van der Waals surface area contributed by atoms with Crippen molar-refractivity contribution in [2.24, 2.45) is 0 Å². The fraction of sp³-hybridized carbons (Fsp3) is 0.846. The summed E-state index contributed by atoms with van der Waals surface area (Å²) in [6.45, 7) is 3.01. The molecule has 2 amide bonds. The third kappa shape index (κ3) is 2.51. The van der Waals surface area contributed by atoms with E-state index < -0.39 is 5.54 Å². The summed E-state index contributed by atoms with van der Waals surface area (Å²) < 4.78 is 0. The minimum Gasteiger partial charge on any atom is -0.345 e. The number of carbonyl (C=O) groups is 2. The van der Waals surface area contributed by atoms with Crippen molar-refractivity contribution in [3.63, 3.8) is 0 Å². The van der Waals surface area contributed by atoms with Crippen molar-refractivity contribution >= 4 is 23.6 Å². The van der Waals surface area contributed by atoms with Crippen molar-refractivity contribution in [2.75, 3.05) is 24.6 Å². The van der Waals surface area contributed by atoms with Crippen LogP contribution >= 0.6 is 11.8 Å². The molecular weight excluding hydrogens is 248 g/mol. The van der Waals surface area contributed by atoms with Crippen molar-refractivity contribution in [1.29, 1.82) is 0 Å². The predicted molar refractivity (Wildman–Crippen MR) is 73.5 cm³/mol. The van der Waals surface area contributed by atoms with Crippen LogP contribution in [0.4, 0.5) is 0 Å². The van der Waals surface area contributed by atoms with E-state index in [0.717, 1.165) is 37.2 Å². The maximum Gasteiger partial charge on any atom is 0.246 e. The fourth-order valence-electron chi connectivity index (χ4n) is 3.05. The number of hydrogen-bond acceptors (Lipinski definition) is 3. The first-order chi connectivity index (χ1) is 8.70. The van der Waals surface area contributed by atoms with Gasteiger partial charge in [0.05, 0.1) is 6.54 Å². The fourth-order valence-corrected chi connectivity index (χ4v) is 3.65. The standard InChI is InChI=1S/C13H22N2O2S/c1-2-18-9-8-15-11(16)10-14-12(17)13(15)6-4-3-5-7-13/h2-10H2,1H3,(H,14,17). The van der Waals surface area contributed by atoms with Gasteiger partial charge in [-0.3, -0.25) is 9.59 Å². The Morgan fingerprint density at radius 1 is 1.28 bits per heavy atom. The lowest BCUT2D eigenvalue weighted by Gasteiger charge is -2.47. The van der Waals surface area contributed by atoms with Gasteiger partial charge in [-0.25, -0.2) is 0 Å². The minimum absolute atomic E-state index is 0.0725. The lowest BCUT2D eigenvalue weighted by atomic mass is 9.78. The molecule has 5 heteroatoms. The summed E-state index contributed by atoms with van der Waals surface area (Å²) in [5.74, 6) is 2.15. The second-order valence-corrected chi connectivity index (χ2v) is 6.41. The molecule has 2 fully saturated rings. The van der Waals surface area contributed by atoms with Gasteiger partial charge in [0.25, 0.3) is 0 Å². The summed E-state index contributed by atoms with van der Waals surface area (Å²) in [4.78, 5) is 26.2. The SMILES string of the molecule is CCSCCN1C(=O)CNC(=O)C12CCCCC2. The Hall–Kier alpha value is -0.710. The first-order valence-corrected chi connectivity index (χ1v) is 8.03. The van der Waals surface area contributed by atoms with E-state index in [-0.39, 0.29) is 18.4 Å². The molecular formula is C13H22N2O2S. The van der Waals surface area contributed by atoms with Gasteiger partial charge >= 0.3 is 0 Å². The number of carbonyl (C=O) groups excluding carboxylic acids is 2. The number of nitrogens with one attached hydrogen (secondary N) is 1. The normalized spacial score (nSPS) is 23.3. The van der Waals surface area contributed by atoms with Crippen LogP contribution < -0.4 is 5.32 Å². The number of piperazine rings is 1. The molecule has 0 radical (unpaired) electrons. The van der Waals surface area contributed by atoms with Crippen molar-refractivity contribution in [2.45, 2.75) is 44.6 Å². The molecule has 0 aromatic rings. The van der Waals surface area contributed by atoms with Crippen LogP contribution in [0, 0.1) is 0 Å². The van der Waals surface area contributed by atoms with Crippen molar-refractivity contribution in [1.82, 2.24) is 10.2 Å². The van der Waals surface area contributed by atoms with Crippen LogP contribution in [0.3, 0.4) is 0 Å². The molecule has 1 saturated carbocycles. The van der Waals surface area contributed by atoms with Crippen LogP contribution in [0.5, 0.6) is 0 Å². The first kappa shape index (κ1) is 13.7. The summed E-state index contributed by atoms with van der Waals surface area (Å²) >= 11 is 1.83. The van der Waals surface area contributed by atoms with Gasteiger partial charge in [0.15, 0.2) is 0 Å². The highest BCUT2D eigenvalue weighted by molar-refractivity contribution is 7.99. The van der Waals surface area contributed by atoms with Crippen LogP contribution in [0.25, 0.3) is 0 Å². The molecule has 4 nitrogen and oxygen atoms in total. The predicted octanol–water partition coefficient (Wildman–Crippen LogP) is 1.40. The topological polar surface area (TPSA) is 49.4 Å². The van der Waals surface area contributed by atoms with Gasteiger partial charge in [0.2, 0.25) is 11.8 Å². The second-order valence-electron chi connectivity index (χ2n) is 5.02. The van der Waals surface area contributed by atoms with Gasteiger partial charge in [0.1, 0.15) is 5.54 Å². The number of amides is 2. The highest BCUT2D eigenvalue weighted by Gasteiger charge is 2.49. The van der Waals surface area contributed by atoms with Gasteiger partial charge in [-0.05, 0) is 18.6 Å². The summed E-state index contributed by atoms with van der Waals surface area (Å²) in [5.41, 5.74) is -0.526. The molecule has 102 valence electrons. The Morgan fingerprint density at radius 2 is 2.00 bits per heavy atom. The Balaban J connectivity index is 2.13. The zero-order chi connectivity index (χ0) is 13.0. The smallest absolute Gasteiger partial charge is 0.246 e. The lowest BCUT2D eigenvalue weighted by molar-refractivity contribution is -0.155. The van der Waals surface area contributed by atoms with Gasteiger partial charge in [0, 0.05) is 12.3 Å². The van der Waals surface area contributed by atoms with Crippen LogP contribution in [-0.2, 0) is 9.59 Å². The maximum atomic E-state index is 12.2. The van der Waals surface area contributed by atoms with E-state index in [2.05, 4.69) is 12.2 Å². The molecule has 2 aliphatic rings. The largest absolute Gasteiger partial charge is 0.345 e. The van der Waals surface area contributed by atoms with Gasteiger partial charge in [-0.15, -0.1) is 0 Å². The van der Waals surface area contributed by atoms with Gasteiger partial charge in [-0.2, -0.15) is 11.8 Å². The van der Waals surface area contributed by atoms with E-state index >= 15 is 0 Å². The number of nitrogens with zero attached hydrogens (tertiary/aromatic N) is 1. The average molecular weight is 270 g/mol. The van der Waals surface area contributed by atoms with Crippen LogP contribution in [0.1, 0.15) is 39.0 Å². The highest BCUT2D eigenvalue weighted by atomic mass is 32.2. The molecule has 1 saturated heterocycles. The minimum atomic E-state index is -0.526. The monoisotopic (exact) mass is 270 g/mol. The zero-order valence-corrected chi connectivity index (χ0v) is 11.9. The van der Waals surface area contributed by atoms with Crippen LogP contribution in [-0.4, -0.2) is 46.8 Å². The van der Waals surface area contributed by atoms with Gasteiger partial charge in [-0.1, -0.05) is 26.2 Å². The molecule has 0 atom stereocenters. The molecule has 1 N–H and O–H groups in total. The Morgan fingerprint density at radius 3 is 2.67 bits per heavy atom. The second kappa shape index (κ2) is 5.95. The van der Waals surface area contributed by atoms with Gasteiger partial charge < -0.3 is 10.2 Å². The third-order valence-electron chi connectivity index (χ3n) is 3.98. The molecule has 2 rings (SSSR count). The van der Waals surface area contributed by atoms with E-state index in [1.165, 1.54) is 6.42 Å². The molecule has 1 spiro atoms.